The van der Waals surface area contributed by atoms with Crippen LogP contribution in [0.4, 0.5) is 4.39 Å². The number of rotatable bonds is 4. The third-order valence-electron chi connectivity index (χ3n) is 4.21. The number of nitrogens with one attached hydrogen (secondary N) is 1. The zero-order valence-electron chi connectivity index (χ0n) is 14.1. The van der Waals surface area contributed by atoms with Gasteiger partial charge in [0.05, 0.1) is 11.9 Å². The minimum Gasteiger partial charge on any atom is -0.348 e. The Hall–Kier alpha value is -3.25. The molecule has 0 fully saturated rings. The van der Waals surface area contributed by atoms with Crippen molar-refractivity contribution in [1.82, 2.24) is 19.9 Å². The van der Waals surface area contributed by atoms with Crippen LogP contribution >= 0.6 is 11.6 Å². The third kappa shape index (κ3) is 3.39. The zero-order valence-corrected chi connectivity index (χ0v) is 14.8. The van der Waals surface area contributed by atoms with Crippen LogP contribution in [0.15, 0.2) is 67.0 Å². The average Bonchev–Trinajstić information content (AvgIpc) is 3.12. The fourth-order valence-electron chi connectivity index (χ4n) is 2.79. The number of halogens is 2. The first kappa shape index (κ1) is 17.2. The molecule has 2 aromatic heterocycles. The number of amides is 1. The normalized spacial score (nSPS) is 10.9. The van der Waals surface area contributed by atoms with Crippen LogP contribution in [-0.4, -0.2) is 20.5 Å². The number of carbonyl (C=O) groups is 1. The summed E-state index contributed by atoms with van der Waals surface area (Å²) in [6.07, 6.45) is 3.42. The fraction of sp³-hybridized carbons (Fsp3) is 0.0500. The molecule has 0 aliphatic heterocycles. The second kappa shape index (κ2) is 7.17. The predicted octanol–water partition coefficient (Wildman–Crippen LogP) is 4.12. The maximum Gasteiger partial charge on any atom is 0.251 e. The average molecular weight is 381 g/mol. The van der Waals surface area contributed by atoms with Crippen LogP contribution in [0.1, 0.15) is 15.9 Å². The van der Waals surface area contributed by atoms with Gasteiger partial charge in [-0.3, -0.25) is 4.79 Å². The van der Waals surface area contributed by atoms with Crippen LogP contribution in [0.5, 0.6) is 0 Å². The van der Waals surface area contributed by atoms with Crippen LogP contribution in [-0.2, 0) is 6.54 Å². The number of imidazole rings is 1. The van der Waals surface area contributed by atoms with Crippen LogP contribution in [0, 0.1) is 5.82 Å². The standard InChI is InChI=1S/C20H14ClFN4O/c21-16-3-1-4-17(22)15(16)11-24-20(27)14-8-6-13(7-9-14)18-12-23-19-5-2-10-25-26(18)19/h1-10,12H,11H2,(H,24,27). The second-order valence-corrected chi connectivity index (χ2v) is 6.30. The molecular weight excluding hydrogens is 367 g/mol. The molecule has 0 radical (unpaired) electrons. The first-order valence-corrected chi connectivity index (χ1v) is 8.61. The number of hydrogen-bond acceptors (Lipinski definition) is 3. The van der Waals surface area contributed by atoms with Gasteiger partial charge < -0.3 is 5.32 Å². The summed E-state index contributed by atoms with van der Waals surface area (Å²) in [6.45, 7) is 0.0171. The maximum absolute atomic E-state index is 13.8. The molecule has 1 N–H and O–H groups in total. The molecule has 4 aromatic rings. The van der Waals surface area contributed by atoms with Crippen molar-refractivity contribution in [2.45, 2.75) is 6.54 Å². The number of benzene rings is 2. The van der Waals surface area contributed by atoms with Gasteiger partial charge in [0, 0.05) is 34.5 Å². The molecule has 0 atom stereocenters. The van der Waals surface area contributed by atoms with Gasteiger partial charge in [-0.25, -0.2) is 13.9 Å². The molecule has 27 heavy (non-hydrogen) atoms. The molecule has 2 aromatic carbocycles. The van der Waals surface area contributed by atoms with Crippen molar-refractivity contribution >= 4 is 23.2 Å². The molecule has 134 valence electrons. The Labute approximate surface area is 159 Å². The highest BCUT2D eigenvalue weighted by atomic mass is 35.5. The second-order valence-electron chi connectivity index (χ2n) is 5.90. The Morgan fingerprint density at radius 3 is 2.70 bits per heavy atom. The number of aromatic nitrogens is 3. The summed E-state index contributed by atoms with van der Waals surface area (Å²) in [5.41, 5.74) is 3.19. The van der Waals surface area contributed by atoms with E-state index in [0.29, 0.717) is 5.56 Å². The lowest BCUT2D eigenvalue weighted by molar-refractivity contribution is 0.0950. The van der Waals surface area contributed by atoms with E-state index >= 15 is 0 Å². The van der Waals surface area contributed by atoms with Gasteiger partial charge in [0.15, 0.2) is 5.65 Å². The van der Waals surface area contributed by atoms with Crippen LogP contribution in [0.3, 0.4) is 0 Å². The maximum atomic E-state index is 13.8. The van der Waals surface area contributed by atoms with E-state index in [2.05, 4.69) is 15.4 Å². The first-order valence-electron chi connectivity index (χ1n) is 8.24. The number of hydrogen-bond donors (Lipinski definition) is 1. The Morgan fingerprint density at radius 1 is 1.11 bits per heavy atom. The summed E-state index contributed by atoms with van der Waals surface area (Å²) in [5, 5.41) is 7.25. The third-order valence-corrected chi connectivity index (χ3v) is 4.56. The Bertz CT molecular complexity index is 1100. The van der Waals surface area contributed by atoms with E-state index in [1.54, 1.807) is 35.1 Å². The molecule has 1 amide bonds. The quantitative estimate of drug-likeness (QED) is 0.579. The Kier molecular flexibility index (Phi) is 4.56. The molecule has 4 rings (SSSR count). The topological polar surface area (TPSA) is 59.3 Å². The number of nitrogens with zero attached hydrogens (tertiary/aromatic N) is 3. The van der Waals surface area contributed by atoms with Gasteiger partial charge in [-0.1, -0.05) is 29.8 Å². The van der Waals surface area contributed by atoms with Crippen molar-refractivity contribution in [2.75, 3.05) is 0 Å². The molecular formula is C20H14ClFN4O. The van der Waals surface area contributed by atoms with Crippen LogP contribution in [0.25, 0.3) is 16.9 Å². The molecule has 0 bridgehead atoms. The Balaban J connectivity index is 1.51. The van der Waals surface area contributed by atoms with E-state index in [-0.39, 0.29) is 23.0 Å². The minimum absolute atomic E-state index is 0.0171. The highest BCUT2D eigenvalue weighted by Crippen LogP contribution is 2.21. The molecule has 5 nitrogen and oxygen atoms in total. The highest BCUT2D eigenvalue weighted by Gasteiger charge is 2.11. The van der Waals surface area contributed by atoms with E-state index < -0.39 is 5.82 Å². The fourth-order valence-corrected chi connectivity index (χ4v) is 3.02. The van der Waals surface area contributed by atoms with E-state index in [4.69, 9.17) is 11.6 Å². The molecule has 0 spiro atoms. The van der Waals surface area contributed by atoms with Gasteiger partial charge in [-0.2, -0.15) is 5.10 Å². The molecule has 0 unspecified atom stereocenters. The van der Waals surface area contributed by atoms with E-state index in [1.807, 2.05) is 24.3 Å². The smallest absolute Gasteiger partial charge is 0.251 e. The lowest BCUT2D eigenvalue weighted by Gasteiger charge is -2.08. The summed E-state index contributed by atoms with van der Waals surface area (Å²) >= 11 is 5.98. The van der Waals surface area contributed by atoms with Crippen LogP contribution < -0.4 is 5.32 Å². The summed E-state index contributed by atoms with van der Waals surface area (Å²) in [5.74, 6) is -0.754. The molecule has 0 saturated heterocycles. The predicted molar refractivity (Wildman–Crippen MR) is 101 cm³/mol. The highest BCUT2D eigenvalue weighted by molar-refractivity contribution is 6.31. The van der Waals surface area contributed by atoms with Crippen LogP contribution in [0.2, 0.25) is 5.02 Å². The SMILES string of the molecule is O=C(NCc1c(F)cccc1Cl)c1ccc(-c2cnc3cccnn23)cc1. The van der Waals surface area contributed by atoms with Gasteiger partial charge >= 0.3 is 0 Å². The summed E-state index contributed by atoms with van der Waals surface area (Å²) in [4.78, 5) is 16.6. The monoisotopic (exact) mass is 380 g/mol. The van der Waals surface area contributed by atoms with Crippen molar-refractivity contribution < 1.29 is 9.18 Å². The molecule has 7 heteroatoms. The lowest BCUT2D eigenvalue weighted by Crippen LogP contribution is -2.23. The summed E-state index contributed by atoms with van der Waals surface area (Å²) < 4.78 is 15.5. The number of carbonyl (C=O) groups excluding carboxylic acids is 1. The molecule has 0 saturated carbocycles. The zero-order chi connectivity index (χ0) is 18.8. The minimum atomic E-state index is -0.446. The largest absolute Gasteiger partial charge is 0.348 e. The van der Waals surface area contributed by atoms with Gasteiger partial charge in [0.2, 0.25) is 0 Å². The molecule has 0 aliphatic carbocycles. The van der Waals surface area contributed by atoms with Crippen molar-refractivity contribution in [1.29, 1.82) is 0 Å². The first-order chi connectivity index (χ1) is 13.1. The van der Waals surface area contributed by atoms with Crippen molar-refractivity contribution in [2.24, 2.45) is 0 Å². The van der Waals surface area contributed by atoms with Crippen molar-refractivity contribution in [3.8, 4) is 11.3 Å². The number of fused-ring (bicyclic) bond motifs is 1. The van der Waals surface area contributed by atoms with E-state index in [0.717, 1.165) is 16.9 Å². The van der Waals surface area contributed by atoms with E-state index in [1.165, 1.54) is 12.1 Å². The van der Waals surface area contributed by atoms with Gasteiger partial charge in [0.25, 0.3) is 5.91 Å². The van der Waals surface area contributed by atoms with Crippen molar-refractivity contribution in [3.05, 3.63) is 89.0 Å². The Morgan fingerprint density at radius 2 is 1.93 bits per heavy atom. The molecule has 0 aliphatic rings. The van der Waals surface area contributed by atoms with Crippen molar-refractivity contribution in [3.63, 3.8) is 0 Å². The molecule has 2 heterocycles. The van der Waals surface area contributed by atoms with Gasteiger partial charge in [-0.05, 0) is 36.4 Å². The lowest BCUT2D eigenvalue weighted by atomic mass is 10.1. The van der Waals surface area contributed by atoms with E-state index in [9.17, 15) is 9.18 Å². The van der Waals surface area contributed by atoms with Gasteiger partial charge in [-0.15, -0.1) is 0 Å². The summed E-state index contributed by atoms with van der Waals surface area (Å²) in [7, 11) is 0. The van der Waals surface area contributed by atoms with Gasteiger partial charge in [0.1, 0.15) is 5.82 Å². The summed E-state index contributed by atoms with van der Waals surface area (Å²) in [6, 6.07) is 15.2.